The maximum atomic E-state index is 10.5. The van der Waals surface area contributed by atoms with Gasteiger partial charge in [0.25, 0.3) is 0 Å². The van der Waals surface area contributed by atoms with Crippen LogP contribution in [0.2, 0.25) is 0 Å². The number of phenols is 1. The SMILES string of the molecule is O=CNc1cc(CCNCCCCCCOCCc2ccccc2)ccc1O. The van der Waals surface area contributed by atoms with Gasteiger partial charge in [0, 0.05) is 6.61 Å². The van der Waals surface area contributed by atoms with E-state index in [1.54, 1.807) is 6.07 Å². The van der Waals surface area contributed by atoms with Gasteiger partial charge in [-0.05, 0) is 62.0 Å². The Morgan fingerprint density at radius 1 is 0.857 bits per heavy atom. The molecule has 0 aliphatic heterocycles. The lowest BCUT2D eigenvalue weighted by atomic mass is 10.1. The Morgan fingerprint density at radius 2 is 1.68 bits per heavy atom. The van der Waals surface area contributed by atoms with Crippen molar-refractivity contribution in [2.75, 3.05) is 31.6 Å². The van der Waals surface area contributed by atoms with E-state index in [1.165, 1.54) is 18.4 Å². The lowest BCUT2D eigenvalue weighted by molar-refractivity contribution is -0.105. The second-order valence-corrected chi connectivity index (χ2v) is 6.88. The molecule has 5 nitrogen and oxygen atoms in total. The van der Waals surface area contributed by atoms with Crippen molar-refractivity contribution in [3.05, 3.63) is 59.7 Å². The van der Waals surface area contributed by atoms with Crippen LogP contribution in [-0.4, -0.2) is 37.8 Å². The minimum atomic E-state index is 0.0906. The Kier molecular flexibility index (Phi) is 10.8. The van der Waals surface area contributed by atoms with Crippen molar-refractivity contribution >= 4 is 12.1 Å². The molecule has 0 saturated carbocycles. The van der Waals surface area contributed by atoms with Gasteiger partial charge in [-0.1, -0.05) is 49.2 Å². The van der Waals surface area contributed by atoms with Crippen molar-refractivity contribution in [3.63, 3.8) is 0 Å². The van der Waals surface area contributed by atoms with Gasteiger partial charge in [0.1, 0.15) is 5.75 Å². The Balaban J connectivity index is 1.40. The number of rotatable bonds is 15. The van der Waals surface area contributed by atoms with Crippen molar-refractivity contribution in [2.24, 2.45) is 0 Å². The van der Waals surface area contributed by atoms with Crippen molar-refractivity contribution < 1.29 is 14.6 Å². The molecule has 0 bridgehead atoms. The van der Waals surface area contributed by atoms with E-state index in [1.807, 2.05) is 18.2 Å². The minimum absolute atomic E-state index is 0.0906. The lowest BCUT2D eigenvalue weighted by Gasteiger charge is -2.08. The summed E-state index contributed by atoms with van der Waals surface area (Å²) in [6.07, 6.45) is 7.12. The van der Waals surface area contributed by atoms with Gasteiger partial charge in [0.15, 0.2) is 0 Å². The molecule has 0 fully saturated rings. The van der Waals surface area contributed by atoms with Gasteiger partial charge in [-0.15, -0.1) is 0 Å². The number of nitrogens with one attached hydrogen (secondary N) is 2. The summed E-state index contributed by atoms with van der Waals surface area (Å²) in [6.45, 7) is 3.53. The summed E-state index contributed by atoms with van der Waals surface area (Å²) in [7, 11) is 0. The zero-order chi connectivity index (χ0) is 19.9. The van der Waals surface area contributed by atoms with Gasteiger partial charge >= 0.3 is 0 Å². The fourth-order valence-corrected chi connectivity index (χ4v) is 3.02. The molecule has 0 aromatic heterocycles. The zero-order valence-corrected chi connectivity index (χ0v) is 16.5. The van der Waals surface area contributed by atoms with Crippen LogP contribution in [0.3, 0.4) is 0 Å². The highest BCUT2D eigenvalue weighted by Gasteiger charge is 2.02. The number of benzene rings is 2. The maximum Gasteiger partial charge on any atom is 0.211 e. The first-order valence-electron chi connectivity index (χ1n) is 10.1. The maximum absolute atomic E-state index is 10.5. The second kappa shape index (κ2) is 13.7. The number of carbonyl (C=O) groups excluding carboxylic acids is 1. The Hall–Kier alpha value is -2.37. The Bertz CT molecular complexity index is 677. The zero-order valence-electron chi connectivity index (χ0n) is 16.5. The van der Waals surface area contributed by atoms with Crippen LogP contribution in [-0.2, 0) is 22.4 Å². The molecule has 2 aromatic rings. The van der Waals surface area contributed by atoms with Gasteiger partial charge < -0.3 is 20.5 Å². The molecule has 0 atom stereocenters. The predicted molar refractivity (Wildman–Crippen MR) is 114 cm³/mol. The number of ether oxygens (including phenoxy) is 1. The van der Waals surface area contributed by atoms with Crippen LogP contribution in [0.25, 0.3) is 0 Å². The van der Waals surface area contributed by atoms with E-state index < -0.39 is 0 Å². The highest BCUT2D eigenvalue weighted by molar-refractivity contribution is 5.75. The summed E-state index contributed by atoms with van der Waals surface area (Å²) >= 11 is 0. The standard InChI is InChI=1S/C23H32N2O3/c26-19-25-22-18-21(10-11-23(22)27)12-15-24-14-6-1-2-7-16-28-17-13-20-8-4-3-5-9-20/h3-5,8-11,18-19,24,27H,1-2,6-7,12-17H2,(H,25,26). The quantitative estimate of drug-likeness (QED) is 0.247. The van der Waals surface area contributed by atoms with Gasteiger partial charge in [0.05, 0.1) is 12.3 Å². The third kappa shape index (κ3) is 9.02. The predicted octanol–water partition coefficient (Wildman–Crippen LogP) is 3.91. The third-order valence-corrected chi connectivity index (χ3v) is 4.64. The molecular formula is C23H32N2O3. The number of carbonyl (C=O) groups is 1. The number of hydrogen-bond acceptors (Lipinski definition) is 4. The molecule has 0 saturated heterocycles. The Morgan fingerprint density at radius 3 is 2.50 bits per heavy atom. The minimum Gasteiger partial charge on any atom is -0.506 e. The molecular weight excluding hydrogens is 352 g/mol. The van der Waals surface area contributed by atoms with Crippen LogP contribution in [0, 0.1) is 0 Å². The average Bonchev–Trinajstić information content (AvgIpc) is 2.72. The molecule has 0 spiro atoms. The van der Waals surface area contributed by atoms with Crippen LogP contribution in [0.5, 0.6) is 5.75 Å². The highest BCUT2D eigenvalue weighted by Crippen LogP contribution is 2.23. The van der Waals surface area contributed by atoms with Crippen LogP contribution < -0.4 is 10.6 Å². The van der Waals surface area contributed by atoms with Crippen molar-refractivity contribution in [1.82, 2.24) is 5.32 Å². The monoisotopic (exact) mass is 384 g/mol. The molecule has 28 heavy (non-hydrogen) atoms. The van der Waals surface area contributed by atoms with Gasteiger partial charge in [-0.25, -0.2) is 0 Å². The topological polar surface area (TPSA) is 70.6 Å². The number of aromatic hydroxyl groups is 1. The van der Waals surface area contributed by atoms with E-state index in [0.717, 1.165) is 57.6 Å². The summed E-state index contributed by atoms with van der Waals surface area (Å²) in [5.41, 5.74) is 2.87. The molecule has 0 heterocycles. The third-order valence-electron chi connectivity index (χ3n) is 4.64. The second-order valence-electron chi connectivity index (χ2n) is 6.88. The van der Waals surface area contributed by atoms with E-state index in [4.69, 9.17) is 4.74 Å². The van der Waals surface area contributed by atoms with E-state index >= 15 is 0 Å². The summed E-state index contributed by atoms with van der Waals surface area (Å²) in [6, 6.07) is 15.7. The first-order chi connectivity index (χ1) is 13.8. The van der Waals surface area contributed by atoms with E-state index in [0.29, 0.717) is 12.1 Å². The number of phenolic OH excluding ortho intramolecular Hbond substituents is 1. The van der Waals surface area contributed by atoms with E-state index in [-0.39, 0.29) is 5.75 Å². The van der Waals surface area contributed by atoms with Gasteiger partial charge in [0.2, 0.25) is 6.41 Å². The van der Waals surface area contributed by atoms with Gasteiger partial charge in [-0.3, -0.25) is 4.79 Å². The molecule has 152 valence electrons. The molecule has 0 radical (unpaired) electrons. The summed E-state index contributed by atoms with van der Waals surface area (Å²) in [5.74, 6) is 0.0906. The molecule has 3 N–H and O–H groups in total. The number of amides is 1. The van der Waals surface area contributed by atoms with Crippen LogP contribution in [0.1, 0.15) is 36.8 Å². The lowest BCUT2D eigenvalue weighted by Crippen LogP contribution is -2.18. The van der Waals surface area contributed by atoms with Crippen LogP contribution in [0.15, 0.2) is 48.5 Å². The smallest absolute Gasteiger partial charge is 0.211 e. The van der Waals surface area contributed by atoms with Crippen molar-refractivity contribution in [2.45, 2.75) is 38.5 Å². The molecule has 0 aliphatic carbocycles. The van der Waals surface area contributed by atoms with E-state index in [9.17, 15) is 9.90 Å². The fraction of sp³-hybridized carbons (Fsp3) is 0.435. The molecule has 2 aromatic carbocycles. The molecule has 5 heteroatoms. The summed E-state index contributed by atoms with van der Waals surface area (Å²) in [5, 5.41) is 15.6. The van der Waals surface area contributed by atoms with E-state index in [2.05, 4.69) is 34.9 Å². The number of hydrogen-bond donors (Lipinski definition) is 3. The highest BCUT2D eigenvalue weighted by atomic mass is 16.5. The number of anilines is 1. The molecule has 0 aliphatic rings. The van der Waals surface area contributed by atoms with Crippen LogP contribution >= 0.6 is 0 Å². The first-order valence-corrected chi connectivity index (χ1v) is 10.1. The molecule has 2 rings (SSSR count). The van der Waals surface area contributed by atoms with Gasteiger partial charge in [-0.2, -0.15) is 0 Å². The molecule has 0 unspecified atom stereocenters. The normalized spacial score (nSPS) is 10.7. The van der Waals surface area contributed by atoms with Crippen LogP contribution in [0.4, 0.5) is 5.69 Å². The average molecular weight is 385 g/mol. The largest absolute Gasteiger partial charge is 0.506 e. The summed E-state index contributed by atoms with van der Waals surface area (Å²) in [4.78, 5) is 10.5. The molecule has 1 amide bonds. The summed E-state index contributed by atoms with van der Waals surface area (Å²) < 4.78 is 5.71. The van der Waals surface area contributed by atoms with Crippen molar-refractivity contribution in [1.29, 1.82) is 0 Å². The fourth-order valence-electron chi connectivity index (χ4n) is 3.02. The number of unbranched alkanes of at least 4 members (excludes halogenated alkanes) is 3. The van der Waals surface area contributed by atoms with Crippen molar-refractivity contribution in [3.8, 4) is 5.75 Å². The Labute approximate surface area is 168 Å². The first kappa shape index (κ1) is 21.9.